The van der Waals surface area contributed by atoms with Gasteiger partial charge in [-0.25, -0.2) is 8.42 Å². The molecular weight excluding hydrogens is 204 g/mol. The molecule has 0 saturated carbocycles. The number of carbonyl (C=O) groups is 1. The van der Waals surface area contributed by atoms with Crippen LogP contribution in [0.4, 0.5) is 0 Å². The van der Waals surface area contributed by atoms with E-state index in [1.165, 1.54) is 0 Å². The van der Waals surface area contributed by atoms with Crippen LogP contribution in [0.2, 0.25) is 0 Å². The van der Waals surface area contributed by atoms with Crippen LogP contribution in [0.15, 0.2) is 0 Å². The summed E-state index contributed by atoms with van der Waals surface area (Å²) in [6.45, 7) is 1.70. The van der Waals surface area contributed by atoms with Crippen molar-refractivity contribution in [1.29, 1.82) is 0 Å². The first-order valence-corrected chi connectivity index (χ1v) is 6.71. The molecule has 1 saturated heterocycles. The van der Waals surface area contributed by atoms with Crippen molar-refractivity contribution in [2.45, 2.75) is 18.9 Å². The van der Waals surface area contributed by atoms with Crippen molar-refractivity contribution in [3.63, 3.8) is 0 Å². The van der Waals surface area contributed by atoms with Crippen LogP contribution in [0.1, 0.15) is 12.8 Å². The second kappa shape index (κ2) is 4.75. The number of piperidine rings is 1. The highest BCUT2D eigenvalue weighted by Crippen LogP contribution is 2.00. The van der Waals surface area contributed by atoms with Gasteiger partial charge < -0.3 is 10.6 Å². The zero-order valence-corrected chi connectivity index (χ0v) is 9.06. The molecule has 0 spiro atoms. The van der Waals surface area contributed by atoms with Crippen LogP contribution in [0.25, 0.3) is 0 Å². The smallest absolute Gasteiger partial charge is 0.235 e. The average Bonchev–Trinajstić information content (AvgIpc) is 2.02. The molecular formula is C8H16N2O3S. The van der Waals surface area contributed by atoms with E-state index in [-0.39, 0.29) is 6.04 Å². The van der Waals surface area contributed by atoms with Crippen molar-refractivity contribution < 1.29 is 13.2 Å². The number of amides is 1. The third-order valence-corrected chi connectivity index (χ3v) is 2.84. The van der Waals surface area contributed by atoms with Crippen LogP contribution in [0.3, 0.4) is 0 Å². The monoisotopic (exact) mass is 220 g/mol. The Hall–Kier alpha value is -0.620. The molecule has 1 atom stereocenters. The summed E-state index contributed by atoms with van der Waals surface area (Å²) >= 11 is 0. The van der Waals surface area contributed by atoms with Crippen LogP contribution in [-0.4, -0.2) is 45.5 Å². The molecule has 1 heterocycles. The van der Waals surface area contributed by atoms with Gasteiger partial charge in [0, 0.05) is 18.8 Å². The number of hydrogen-bond acceptors (Lipinski definition) is 4. The molecule has 0 radical (unpaired) electrons. The minimum absolute atomic E-state index is 0.0815. The lowest BCUT2D eigenvalue weighted by atomic mass is 10.1. The summed E-state index contributed by atoms with van der Waals surface area (Å²) in [5.74, 6) is -0.815. The van der Waals surface area contributed by atoms with Crippen molar-refractivity contribution in [1.82, 2.24) is 10.6 Å². The summed E-state index contributed by atoms with van der Waals surface area (Å²) in [4.78, 5) is 11.2. The SMILES string of the molecule is CS(=O)(=O)CC(=O)NC1CCCNC1. The minimum Gasteiger partial charge on any atom is -0.351 e. The van der Waals surface area contributed by atoms with E-state index in [1.54, 1.807) is 0 Å². The lowest BCUT2D eigenvalue weighted by Crippen LogP contribution is -2.47. The van der Waals surface area contributed by atoms with E-state index in [4.69, 9.17) is 0 Å². The van der Waals surface area contributed by atoms with Crippen molar-refractivity contribution in [2.24, 2.45) is 0 Å². The second-order valence-electron chi connectivity index (χ2n) is 3.68. The number of carbonyl (C=O) groups excluding carboxylic acids is 1. The average molecular weight is 220 g/mol. The third-order valence-electron chi connectivity index (χ3n) is 2.06. The van der Waals surface area contributed by atoms with Gasteiger partial charge in [0.1, 0.15) is 5.75 Å². The Labute approximate surface area is 84.2 Å². The molecule has 0 aromatic rings. The molecule has 2 N–H and O–H groups in total. The molecule has 1 rings (SSSR count). The van der Waals surface area contributed by atoms with Gasteiger partial charge in [-0.1, -0.05) is 0 Å². The summed E-state index contributed by atoms with van der Waals surface area (Å²) in [6, 6.07) is 0.0815. The van der Waals surface area contributed by atoms with E-state index < -0.39 is 21.5 Å². The van der Waals surface area contributed by atoms with Gasteiger partial charge in [0.25, 0.3) is 0 Å². The van der Waals surface area contributed by atoms with Crippen molar-refractivity contribution in [3.8, 4) is 0 Å². The van der Waals surface area contributed by atoms with Crippen LogP contribution in [0.5, 0.6) is 0 Å². The minimum atomic E-state index is -3.21. The Kier molecular flexibility index (Phi) is 3.88. The zero-order valence-electron chi connectivity index (χ0n) is 8.25. The van der Waals surface area contributed by atoms with Crippen LogP contribution < -0.4 is 10.6 Å². The fourth-order valence-corrected chi connectivity index (χ4v) is 2.04. The predicted octanol–water partition coefficient (Wildman–Crippen LogP) is -1.10. The fourth-order valence-electron chi connectivity index (χ4n) is 1.48. The molecule has 1 amide bonds. The first-order chi connectivity index (χ1) is 6.47. The number of nitrogens with one attached hydrogen (secondary N) is 2. The lowest BCUT2D eigenvalue weighted by molar-refractivity contribution is -0.119. The largest absolute Gasteiger partial charge is 0.351 e. The van der Waals surface area contributed by atoms with E-state index in [9.17, 15) is 13.2 Å². The maximum absolute atomic E-state index is 11.2. The Morgan fingerprint density at radius 1 is 1.57 bits per heavy atom. The number of hydrogen-bond donors (Lipinski definition) is 2. The zero-order chi connectivity index (χ0) is 10.6. The van der Waals surface area contributed by atoms with Gasteiger partial charge in [0.15, 0.2) is 9.84 Å². The van der Waals surface area contributed by atoms with Crippen LogP contribution in [-0.2, 0) is 14.6 Å². The molecule has 82 valence electrons. The number of sulfone groups is 1. The third kappa shape index (κ3) is 4.57. The van der Waals surface area contributed by atoms with E-state index in [0.717, 1.165) is 32.2 Å². The van der Waals surface area contributed by atoms with Gasteiger partial charge in [-0.15, -0.1) is 0 Å². The van der Waals surface area contributed by atoms with Gasteiger partial charge in [0.05, 0.1) is 0 Å². The second-order valence-corrected chi connectivity index (χ2v) is 5.82. The maximum Gasteiger partial charge on any atom is 0.235 e. The van der Waals surface area contributed by atoms with E-state index in [0.29, 0.717) is 0 Å². The molecule has 0 aromatic heterocycles. The summed E-state index contributed by atoms with van der Waals surface area (Å²) in [5, 5.41) is 5.83. The topological polar surface area (TPSA) is 75.3 Å². The quantitative estimate of drug-likeness (QED) is 0.633. The van der Waals surface area contributed by atoms with Crippen molar-refractivity contribution >= 4 is 15.7 Å². The van der Waals surface area contributed by atoms with Crippen LogP contribution in [0, 0.1) is 0 Å². The highest BCUT2D eigenvalue weighted by atomic mass is 32.2. The van der Waals surface area contributed by atoms with Gasteiger partial charge >= 0.3 is 0 Å². The number of rotatable bonds is 3. The maximum atomic E-state index is 11.2. The summed E-state index contributed by atoms with van der Waals surface area (Å²) in [5.41, 5.74) is 0. The highest BCUT2D eigenvalue weighted by Gasteiger charge is 2.17. The van der Waals surface area contributed by atoms with Crippen molar-refractivity contribution in [3.05, 3.63) is 0 Å². The van der Waals surface area contributed by atoms with Gasteiger partial charge in [0.2, 0.25) is 5.91 Å². The molecule has 1 fully saturated rings. The Balaban J connectivity index is 2.32. The van der Waals surface area contributed by atoms with Crippen LogP contribution >= 0.6 is 0 Å². The van der Waals surface area contributed by atoms with Gasteiger partial charge in [-0.05, 0) is 19.4 Å². The van der Waals surface area contributed by atoms with Gasteiger partial charge in [-0.2, -0.15) is 0 Å². The first kappa shape index (κ1) is 11.5. The Morgan fingerprint density at radius 3 is 2.79 bits per heavy atom. The highest BCUT2D eigenvalue weighted by molar-refractivity contribution is 7.91. The molecule has 1 aliphatic rings. The van der Waals surface area contributed by atoms with E-state index >= 15 is 0 Å². The molecule has 6 heteroatoms. The molecule has 1 aliphatic heterocycles. The fraction of sp³-hybridized carbons (Fsp3) is 0.875. The Morgan fingerprint density at radius 2 is 2.29 bits per heavy atom. The molecule has 5 nitrogen and oxygen atoms in total. The summed E-state index contributed by atoms with van der Waals surface area (Å²) in [7, 11) is -3.21. The lowest BCUT2D eigenvalue weighted by Gasteiger charge is -2.23. The van der Waals surface area contributed by atoms with E-state index in [1.807, 2.05) is 0 Å². The summed E-state index contributed by atoms with van der Waals surface area (Å²) < 4.78 is 21.6. The predicted molar refractivity (Wildman–Crippen MR) is 53.7 cm³/mol. The Bertz CT molecular complexity index is 294. The first-order valence-electron chi connectivity index (χ1n) is 4.65. The normalized spacial score (nSPS) is 23.1. The molecule has 1 unspecified atom stereocenters. The molecule has 0 aromatic carbocycles. The molecule has 14 heavy (non-hydrogen) atoms. The summed E-state index contributed by atoms with van der Waals surface area (Å²) in [6.07, 6.45) is 3.00. The van der Waals surface area contributed by atoms with E-state index in [2.05, 4.69) is 10.6 Å². The van der Waals surface area contributed by atoms with Gasteiger partial charge in [-0.3, -0.25) is 4.79 Å². The standard InChI is InChI=1S/C8H16N2O3S/c1-14(12,13)6-8(11)10-7-3-2-4-9-5-7/h7,9H,2-6H2,1H3,(H,10,11). The molecule has 0 aliphatic carbocycles. The molecule has 0 bridgehead atoms. The van der Waals surface area contributed by atoms with Crippen molar-refractivity contribution in [2.75, 3.05) is 25.1 Å².